The van der Waals surface area contributed by atoms with Gasteiger partial charge in [-0.3, -0.25) is 4.79 Å². The minimum absolute atomic E-state index is 0.0818. The van der Waals surface area contributed by atoms with Crippen LogP contribution in [0.25, 0.3) is 6.08 Å². The molecular formula is C18H21NO3. The molecule has 1 aliphatic rings. The highest BCUT2D eigenvalue weighted by Crippen LogP contribution is 2.47. The van der Waals surface area contributed by atoms with Gasteiger partial charge in [-0.05, 0) is 49.6 Å². The van der Waals surface area contributed by atoms with Crippen molar-refractivity contribution < 1.29 is 13.6 Å². The number of hydrogen-bond acceptors (Lipinski definition) is 3. The molecule has 3 rings (SSSR count). The van der Waals surface area contributed by atoms with Crippen molar-refractivity contribution in [3.8, 4) is 0 Å². The van der Waals surface area contributed by atoms with Gasteiger partial charge in [0, 0.05) is 19.0 Å². The fraction of sp³-hybridized carbons (Fsp3) is 0.389. The zero-order valence-corrected chi connectivity index (χ0v) is 13.2. The van der Waals surface area contributed by atoms with Gasteiger partial charge in [0.15, 0.2) is 0 Å². The summed E-state index contributed by atoms with van der Waals surface area (Å²) in [4.78, 5) is 13.9. The van der Waals surface area contributed by atoms with E-state index in [0.717, 1.165) is 17.3 Å². The highest BCUT2D eigenvalue weighted by molar-refractivity contribution is 5.91. The number of rotatable bonds is 5. The van der Waals surface area contributed by atoms with Crippen molar-refractivity contribution >= 4 is 12.0 Å². The van der Waals surface area contributed by atoms with Crippen LogP contribution in [-0.4, -0.2) is 17.9 Å². The molecule has 2 heterocycles. The Morgan fingerprint density at radius 3 is 2.82 bits per heavy atom. The number of amides is 1. The predicted molar refractivity (Wildman–Crippen MR) is 84.2 cm³/mol. The van der Waals surface area contributed by atoms with Gasteiger partial charge >= 0.3 is 0 Å². The largest absolute Gasteiger partial charge is 0.467 e. The lowest BCUT2D eigenvalue weighted by Gasteiger charge is -2.21. The summed E-state index contributed by atoms with van der Waals surface area (Å²) in [6.45, 7) is 4.15. The molecule has 0 aliphatic heterocycles. The van der Waals surface area contributed by atoms with E-state index in [0.29, 0.717) is 11.8 Å². The molecular weight excluding hydrogens is 278 g/mol. The Labute approximate surface area is 130 Å². The van der Waals surface area contributed by atoms with Crippen molar-refractivity contribution in [3.63, 3.8) is 0 Å². The lowest BCUT2D eigenvalue weighted by molar-refractivity contribution is -0.126. The van der Waals surface area contributed by atoms with Crippen molar-refractivity contribution in [2.24, 2.45) is 5.92 Å². The van der Waals surface area contributed by atoms with Gasteiger partial charge in [0.2, 0.25) is 5.91 Å². The van der Waals surface area contributed by atoms with E-state index in [2.05, 4.69) is 6.92 Å². The predicted octanol–water partition coefficient (Wildman–Crippen LogP) is 4.23. The summed E-state index contributed by atoms with van der Waals surface area (Å²) in [6, 6.07) is 7.51. The summed E-state index contributed by atoms with van der Waals surface area (Å²) in [5.41, 5.74) is 0. The Hall–Kier alpha value is -2.23. The summed E-state index contributed by atoms with van der Waals surface area (Å²) in [6.07, 6.45) is 6.07. The standard InChI is InChI=1S/C18H21NO3/c1-12-11-15(12)17-8-6-14(22-17)7-9-18(20)19(3)13(2)16-5-4-10-21-16/h4-10,12-13,15H,11H2,1-3H3/b9-7+. The van der Waals surface area contributed by atoms with Crippen LogP contribution in [0.1, 0.15) is 49.5 Å². The van der Waals surface area contributed by atoms with Gasteiger partial charge in [0.05, 0.1) is 12.3 Å². The summed E-state index contributed by atoms with van der Waals surface area (Å²) >= 11 is 0. The summed E-state index contributed by atoms with van der Waals surface area (Å²) in [5, 5.41) is 0. The van der Waals surface area contributed by atoms with Crippen molar-refractivity contribution in [3.05, 3.63) is 53.9 Å². The van der Waals surface area contributed by atoms with Crippen molar-refractivity contribution in [1.29, 1.82) is 0 Å². The van der Waals surface area contributed by atoms with E-state index < -0.39 is 0 Å². The van der Waals surface area contributed by atoms with E-state index in [9.17, 15) is 4.79 Å². The van der Waals surface area contributed by atoms with Gasteiger partial charge in [-0.1, -0.05) is 6.92 Å². The Balaban J connectivity index is 1.62. The number of carbonyl (C=O) groups excluding carboxylic acids is 1. The second kappa shape index (κ2) is 5.87. The lowest BCUT2D eigenvalue weighted by Crippen LogP contribution is -2.27. The molecule has 1 aliphatic carbocycles. The third-order valence-corrected chi connectivity index (χ3v) is 4.40. The Bertz CT molecular complexity index is 668. The molecule has 2 aromatic heterocycles. The highest BCUT2D eigenvalue weighted by Gasteiger charge is 2.36. The van der Waals surface area contributed by atoms with E-state index in [4.69, 9.17) is 8.83 Å². The number of likely N-dealkylation sites (N-methyl/N-ethyl adjacent to an activating group) is 1. The zero-order valence-electron chi connectivity index (χ0n) is 13.2. The molecule has 1 fully saturated rings. The van der Waals surface area contributed by atoms with E-state index in [1.807, 2.05) is 31.2 Å². The molecule has 2 aromatic rings. The van der Waals surface area contributed by atoms with E-state index in [1.165, 1.54) is 6.42 Å². The molecule has 0 aromatic carbocycles. The summed E-state index contributed by atoms with van der Waals surface area (Å²) in [5.74, 6) is 3.71. The molecule has 0 radical (unpaired) electrons. The number of carbonyl (C=O) groups is 1. The molecule has 4 heteroatoms. The van der Waals surface area contributed by atoms with Crippen LogP contribution in [0.4, 0.5) is 0 Å². The topological polar surface area (TPSA) is 46.6 Å². The number of hydrogen-bond donors (Lipinski definition) is 0. The fourth-order valence-corrected chi connectivity index (χ4v) is 2.56. The second-order valence-corrected chi connectivity index (χ2v) is 6.03. The van der Waals surface area contributed by atoms with Crippen LogP contribution < -0.4 is 0 Å². The zero-order chi connectivity index (χ0) is 15.7. The monoisotopic (exact) mass is 299 g/mol. The summed E-state index contributed by atoms with van der Waals surface area (Å²) in [7, 11) is 1.76. The van der Waals surface area contributed by atoms with E-state index in [-0.39, 0.29) is 11.9 Å². The SMILES string of the molecule is CC1CC1c1ccc(/C=C/C(=O)N(C)C(C)c2ccco2)o1. The van der Waals surface area contributed by atoms with Crippen LogP contribution in [0.5, 0.6) is 0 Å². The highest BCUT2D eigenvalue weighted by atomic mass is 16.3. The Morgan fingerprint density at radius 2 is 2.18 bits per heavy atom. The molecule has 0 N–H and O–H groups in total. The van der Waals surface area contributed by atoms with Gasteiger partial charge < -0.3 is 13.7 Å². The number of furan rings is 2. The normalized spacial score (nSPS) is 22.0. The van der Waals surface area contributed by atoms with Crippen LogP contribution in [0.15, 0.2) is 45.4 Å². The molecule has 0 saturated heterocycles. The first-order valence-corrected chi connectivity index (χ1v) is 7.64. The third-order valence-electron chi connectivity index (χ3n) is 4.40. The Morgan fingerprint density at radius 1 is 1.41 bits per heavy atom. The molecule has 22 heavy (non-hydrogen) atoms. The first-order valence-electron chi connectivity index (χ1n) is 7.64. The fourth-order valence-electron chi connectivity index (χ4n) is 2.56. The van der Waals surface area contributed by atoms with E-state index in [1.54, 1.807) is 30.4 Å². The first kappa shape index (κ1) is 14.7. The molecule has 1 amide bonds. The van der Waals surface area contributed by atoms with Crippen molar-refractivity contribution in [1.82, 2.24) is 4.90 Å². The molecule has 1 saturated carbocycles. The minimum atomic E-state index is -0.105. The molecule has 0 bridgehead atoms. The van der Waals surface area contributed by atoms with Gasteiger partial charge in [-0.25, -0.2) is 0 Å². The summed E-state index contributed by atoms with van der Waals surface area (Å²) < 4.78 is 11.1. The second-order valence-electron chi connectivity index (χ2n) is 6.03. The minimum Gasteiger partial charge on any atom is -0.467 e. The van der Waals surface area contributed by atoms with Gasteiger partial charge in [-0.2, -0.15) is 0 Å². The smallest absolute Gasteiger partial charge is 0.247 e. The van der Waals surface area contributed by atoms with E-state index >= 15 is 0 Å². The maximum Gasteiger partial charge on any atom is 0.247 e. The molecule has 4 nitrogen and oxygen atoms in total. The maximum atomic E-state index is 12.2. The quantitative estimate of drug-likeness (QED) is 0.776. The van der Waals surface area contributed by atoms with Gasteiger partial charge in [0.25, 0.3) is 0 Å². The molecule has 116 valence electrons. The van der Waals surface area contributed by atoms with Crippen LogP contribution in [0, 0.1) is 5.92 Å². The Kier molecular flexibility index (Phi) is 3.92. The van der Waals surface area contributed by atoms with Crippen LogP contribution in [0.2, 0.25) is 0 Å². The third kappa shape index (κ3) is 3.01. The van der Waals surface area contributed by atoms with Crippen molar-refractivity contribution in [2.75, 3.05) is 7.05 Å². The van der Waals surface area contributed by atoms with Crippen LogP contribution in [0.3, 0.4) is 0 Å². The average Bonchev–Trinajstić information content (AvgIpc) is 2.98. The van der Waals surface area contributed by atoms with Gasteiger partial charge in [0.1, 0.15) is 17.3 Å². The maximum absolute atomic E-state index is 12.2. The van der Waals surface area contributed by atoms with Gasteiger partial charge in [-0.15, -0.1) is 0 Å². The molecule has 3 unspecified atom stereocenters. The van der Waals surface area contributed by atoms with Crippen LogP contribution >= 0.6 is 0 Å². The molecule has 0 spiro atoms. The lowest BCUT2D eigenvalue weighted by atomic mass is 10.2. The molecule has 3 atom stereocenters. The average molecular weight is 299 g/mol. The van der Waals surface area contributed by atoms with Crippen LogP contribution in [-0.2, 0) is 4.79 Å². The number of nitrogens with zero attached hydrogens (tertiary/aromatic N) is 1. The first-order chi connectivity index (χ1) is 10.6. The van der Waals surface area contributed by atoms with Crippen molar-refractivity contribution in [2.45, 2.75) is 32.2 Å².